The minimum Gasteiger partial charge on any atom is -0.446 e. The molecule has 0 bridgehead atoms. The number of carbonyl (C=O) groups excluding carboxylic acids is 1. The topological polar surface area (TPSA) is 148 Å². The molecule has 158 valence electrons. The number of primary amides is 1. The summed E-state index contributed by atoms with van der Waals surface area (Å²) in [5.74, 6) is 0.409. The van der Waals surface area contributed by atoms with E-state index < -0.39 is 6.09 Å². The minimum atomic E-state index is -0.760. The molecule has 3 aromatic rings. The van der Waals surface area contributed by atoms with Crippen molar-refractivity contribution in [2.24, 2.45) is 12.8 Å². The molecule has 1 amide bonds. The zero-order valence-electron chi connectivity index (χ0n) is 16.9. The molecular weight excluding hydrogens is 398 g/mol. The van der Waals surface area contributed by atoms with Crippen molar-refractivity contribution in [1.29, 1.82) is 5.26 Å². The lowest BCUT2D eigenvalue weighted by atomic mass is 10.1. The molecule has 3 N–H and O–H groups in total. The molecule has 0 saturated carbocycles. The number of hydrogen-bond acceptors (Lipinski definition) is 9. The van der Waals surface area contributed by atoms with E-state index in [1.54, 1.807) is 23.1 Å². The zero-order chi connectivity index (χ0) is 21.8. The van der Waals surface area contributed by atoms with Crippen LogP contribution in [0.25, 0.3) is 11.4 Å². The Morgan fingerprint density at radius 2 is 2.03 bits per heavy atom. The van der Waals surface area contributed by atoms with Gasteiger partial charge in [-0.3, -0.25) is 4.68 Å². The van der Waals surface area contributed by atoms with Gasteiger partial charge in [0.15, 0.2) is 5.69 Å². The Labute approximate surface area is 178 Å². The Balaban J connectivity index is 1.51. The number of piperidine rings is 1. The van der Waals surface area contributed by atoms with Crippen molar-refractivity contribution < 1.29 is 9.53 Å². The Bertz CT molecular complexity index is 1130. The van der Waals surface area contributed by atoms with Crippen LogP contribution in [0.4, 0.5) is 22.1 Å². The molecule has 11 nitrogen and oxygen atoms in total. The maximum Gasteiger partial charge on any atom is 0.404 e. The van der Waals surface area contributed by atoms with Crippen molar-refractivity contribution in [3.63, 3.8) is 0 Å². The molecule has 1 saturated heterocycles. The minimum absolute atomic E-state index is 0.196. The number of aromatic nitrogens is 5. The van der Waals surface area contributed by atoms with Gasteiger partial charge in [-0.25, -0.2) is 19.7 Å². The van der Waals surface area contributed by atoms with Gasteiger partial charge in [0.1, 0.15) is 12.2 Å². The van der Waals surface area contributed by atoms with E-state index in [1.165, 1.54) is 0 Å². The lowest BCUT2D eigenvalue weighted by Gasteiger charge is -2.33. The van der Waals surface area contributed by atoms with Crippen LogP contribution >= 0.6 is 0 Å². The van der Waals surface area contributed by atoms with Gasteiger partial charge in [0.2, 0.25) is 5.95 Å². The van der Waals surface area contributed by atoms with E-state index in [9.17, 15) is 10.1 Å². The number of carbonyl (C=O) groups is 1. The Morgan fingerprint density at radius 1 is 1.26 bits per heavy atom. The fourth-order valence-electron chi connectivity index (χ4n) is 3.49. The lowest BCUT2D eigenvalue weighted by molar-refractivity contribution is 0.0912. The number of nitrogens with two attached hydrogens (primary N) is 1. The molecule has 3 aromatic heterocycles. The van der Waals surface area contributed by atoms with Crippen LogP contribution in [0.15, 0.2) is 36.8 Å². The van der Waals surface area contributed by atoms with Crippen molar-refractivity contribution in [2.75, 3.05) is 23.3 Å². The summed E-state index contributed by atoms with van der Waals surface area (Å²) in [5.41, 5.74) is 8.09. The first-order chi connectivity index (χ1) is 15.0. The van der Waals surface area contributed by atoms with Crippen LogP contribution in [0, 0.1) is 11.3 Å². The summed E-state index contributed by atoms with van der Waals surface area (Å²) >= 11 is 0. The molecule has 1 aliphatic rings. The van der Waals surface area contributed by atoms with E-state index in [4.69, 9.17) is 10.5 Å². The molecule has 0 aromatic carbocycles. The molecule has 0 radical (unpaired) electrons. The second kappa shape index (κ2) is 8.66. The summed E-state index contributed by atoms with van der Waals surface area (Å²) in [7, 11) is 1.82. The highest BCUT2D eigenvalue weighted by molar-refractivity contribution is 5.66. The SMILES string of the molecule is Cn1cc(Nc2nccc(-c3ccc(N4CCC(OC(N)=O)CC4)c(C#N)n3)n2)cn1. The maximum atomic E-state index is 10.9. The van der Waals surface area contributed by atoms with E-state index in [0.29, 0.717) is 49.0 Å². The molecule has 1 fully saturated rings. The van der Waals surface area contributed by atoms with Gasteiger partial charge in [-0.15, -0.1) is 0 Å². The molecule has 0 unspecified atom stereocenters. The Kier molecular flexibility index (Phi) is 5.61. The number of ether oxygens (including phenoxy) is 1. The first-order valence-corrected chi connectivity index (χ1v) is 9.73. The number of nitrogens with zero attached hydrogens (tertiary/aromatic N) is 7. The zero-order valence-corrected chi connectivity index (χ0v) is 16.9. The molecule has 0 spiro atoms. The van der Waals surface area contributed by atoms with E-state index in [1.807, 2.05) is 25.4 Å². The average Bonchev–Trinajstić information content (AvgIpc) is 3.18. The summed E-state index contributed by atoms with van der Waals surface area (Å²) in [6.07, 6.45) is 5.45. The Hall–Kier alpha value is -4.20. The van der Waals surface area contributed by atoms with Crippen LogP contribution in [0.5, 0.6) is 0 Å². The van der Waals surface area contributed by atoms with Crippen molar-refractivity contribution in [3.8, 4) is 17.5 Å². The monoisotopic (exact) mass is 419 g/mol. The highest BCUT2D eigenvalue weighted by Gasteiger charge is 2.24. The third kappa shape index (κ3) is 4.69. The van der Waals surface area contributed by atoms with Crippen molar-refractivity contribution >= 4 is 23.4 Å². The fraction of sp³-hybridized carbons (Fsp3) is 0.300. The number of nitrogens with one attached hydrogen (secondary N) is 1. The summed E-state index contributed by atoms with van der Waals surface area (Å²) < 4.78 is 6.75. The number of nitriles is 1. The largest absolute Gasteiger partial charge is 0.446 e. The quantitative estimate of drug-likeness (QED) is 0.633. The number of rotatable bonds is 5. The molecular formula is C20H21N9O2. The number of pyridine rings is 1. The highest BCUT2D eigenvalue weighted by Crippen LogP contribution is 2.27. The van der Waals surface area contributed by atoms with Crippen LogP contribution in [0.3, 0.4) is 0 Å². The number of hydrogen-bond donors (Lipinski definition) is 2. The van der Waals surface area contributed by atoms with E-state index in [0.717, 1.165) is 11.4 Å². The summed E-state index contributed by atoms with van der Waals surface area (Å²) in [6, 6.07) is 7.62. The standard InChI is InChI=1S/C20H21N9O2/c1-28-12-13(11-24-28)25-20-23-7-4-16(27-20)15-2-3-18(17(10-21)26-15)29-8-5-14(6-9-29)31-19(22)30/h2-4,7,11-12,14H,5-6,8-9H2,1H3,(H2,22,30)(H,23,25,27). The first-order valence-electron chi connectivity index (χ1n) is 9.73. The fourth-order valence-corrected chi connectivity index (χ4v) is 3.49. The van der Waals surface area contributed by atoms with Crippen molar-refractivity contribution in [1.82, 2.24) is 24.7 Å². The molecule has 4 heterocycles. The van der Waals surface area contributed by atoms with Gasteiger partial charge in [0.25, 0.3) is 0 Å². The molecule has 0 aliphatic carbocycles. The molecule has 4 rings (SSSR count). The molecule has 1 aliphatic heterocycles. The molecule has 0 atom stereocenters. The summed E-state index contributed by atoms with van der Waals surface area (Å²) in [5, 5.41) is 16.9. The second-order valence-corrected chi connectivity index (χ2v) is 7.09. The third-order valence-electron chi connectivity index (χ3n) is 4.92. The third-order valence-corrected chi connectivity index (χ3v) is 4.92. The van der Waals surface area contributed by atoms with Crippen molar-refractivity contribution in [2.45, 2.75) is 18.9 Å². The van der Waals surface area contributed by atoms with Crippen LogP contribution in [-0.4, -0.2) is 50.0 Å². The van der Waals surface area contributed by atoms with Crippen LogP contribution < -0.4 is 16.0 Å². The Morgan fingerprint density at radius 3 is 2.71 bits per heavy atom. The molecule has 31 heavy (non-hydrogen) atoms. The normalized spacial score (nSPS) is 14.1. The predicted molar refractivity (Wildman–Crippen MR) is 112 cm³/mol. The average molecular weight is 419 g/mol. The summed E-state index contributed by atoms with van der Waals surface area (Å²) in [4.78, 5) is 26.2. The second-order valence-electron chi connectivity index (χ2n) is 7.09. The van der Waals surface area contributed by atoms with Crippen LogP contribution in [0.1, 0.15) is 18.5 Å². The van der Waals surface area contributed by atoms with Gasteiger partial charge in [-0.2, -0.15) is 10.4 Å². The van der Waals surface area contributed by atoms with Gasteiger partial charge in [-0.1, -0.05) is 0 Å². The lowest BCUT2D eigenvalue weighted by Crippen LogP contribution is -2.39. The van der Waals surface area contributed by atoms with Crippen molar-refractivity contribution in [3.05, 3.63) is 42.5 Å². The number of amides is 1. The molecule has 11 heteroatoms. The van der Waals surface area contributed by atoms with E-state index in [2.05, 4.69) is 36.3 Å². The van der Waals surface area contributed by atoms with Gasteiger partial charge in [0.05, 0.1) is 29.0 Å². The van der Waals surface area contributed by atoms with Gasteiger partial charge < -0.3 is 20.7 Å². The smallest absolute Gasteiger partial charge is 0.404 e. The van der Waals surface area contributed by atoms with Gasteiger partial charge >= 0.3 is 6.09 Å². The predicted octanol–water partition coefficient (Wildman–Crippen LogP) is 1.95. The number of anilines is 3. The van der Waals surface area contributed by atoms with E-state index >= 15 is 0 Å². The first kappa shape index (κ1) is 20.1. The van der Waals surface area contributed by atoms with Gasteiger partial charge in [0, 0.05) is 45.4 Å². The highest BCUT2D eigenvalue weighted by atomic mass is 16.6. The summed E-state index contributed by atoms with van der Waals surface area (Å²) in [6.45, 7) is 1.28. The van der Waals surface area contributed by atoms with Crippen LogP contribution in [-0.2, 0) is 11.8 Å². The van der Waals surface area contributed by atoms with Crippen LogP contribution in [0.2, 0.25) is 0 Å². The maximum absolute atomic E-state index is 10.9. The van der Waals surface area contributed by atoms with Gasteiger partial charge in [-0.05, 0) is 18.2 Å². The van der Waals surface area contributed by atoms with E-state index in [-0.39, 0.29) is 6.10 Å². The number of aryl methyl sites for hydroxylation is 1.